The second kappa shape index (κ2) is 7.78. The fraction of sp³-hybridized carbons (Fsp3) is 0.176. The molecule has 0 heterocycles. The molecule has 0 saturated heterocycles. The van der Waals surface area contributed by atoms with Gasteiger partial charge in [0.15, 0.2) is 0 Å². The first kappa shape index (κ1) is 17.0. The first-order valence-corrected chi connectivity index (χ1v) is 7.84. The van der Waals surface area contributed by atoms with Crippen LogP contribution in [0.3, 0.4) is 0 Å². The topological polar surface area (TPSA) is 46.6 Å². The van der Waals surface area contributed by atoms with Crippen molar-refractivity contribution >= 4 is 29.3 Å². The lowest BCUT2D eigenvalue weighted by Crippen LogP contribution is -2.29. The molecule has 4 nitrogen and oxygen atoms in total. The first-order chi connectivity index (χ1) is 11.0. The molecule has 23 heavy (non-hydrogen) atoms. The van der Waals surface area contributed by atoms with E-state index < -0.39 is 5.97 Å². The van der Waals surface area contributed by atoms with Gasteiger partial charge in [-0.15, -0.1) is 11.8 Å². The van der Waals surface area contributed by atoms with Crippen LogP contribution in [0.5, 0.6) is 0 Å². The summed E-state index contributed by atoms with van der Waals surface area (Å²) in [6.07, 6.45) is 0. The summed E-state index contributed by atoms with van der Waals surface area (Å²) in [5.41, 5.74) is 0.764. The number of benzene rings is 2. The average Bonchev–Trinajstić information content (AvgIpc) is 2.59. The fourth-order valence-electron chi connectivity index (χ4n) is 1.98. The Morgan fingerprint density at radius 3 is 2.48 bits per heavy atom. The van der Waals surface area contributed by atoms with Gasteiger partial charge in [0, 0.05) is 11.9 Å². The zero-order valence-corrected chi connectivity index (χ0v) is 13.6. The maximum absolute atomic E-state index is 13.6. The molecule has 0 radical (unpaired) electrons. The minimum atomic E-state index is -0.512. The van der Waals surface area contributed by atoms with Crippen LogP contribution in [0.25, 0.3) is 0 Å². The van der Waals surface area contributed by atoms with Crippen molar-refractivity contribution in [3.05, 3.63) is 59.9 Å². The molecule has 120 valence electrons. The number of esters is 1. The average molecular weight is 333 g/mol. The maximum Gasteiger partial charge on any atom is 0.339 e. The van der Waals surface area contributed by atoms with E-state index in [1.807, 2.05) is 0 Å². The van der Waals surface area contributed by atoms with Gasteiger partial charge in [-0.25, -0.2) is 9.18 Å². The molecule has 0 aliphatic heterocycles. The maximum atomic E-state index is 13.6. The van der Waals surface area contributed by atoms with E-state index in [-0.39, 0.29) is 17.5 Å². The zero-order chi connectivity index (χ0) is 16.8. The predicted octanol–water partition coefficient (Wildman–Crippen LogP) is 3.37. The van der Waals surface area contributed by atoms with Crippen molar-refractivity contribution in [2.75, 3.05) is 24.8 Å². The van der Waals surface area contributed by atoms with Crippen LogP contribution in [-0.2, 0) is 9.53 Å². The van der Waals surface area contributed by atoms with Crippen molar-refractivity contribution < 1.29 is 18.7 Å². The molecule has 0 unspecified atom stereocenters. The summed E-state index contributed by atoms with van der Waals surface area (Å²) >= 11 is 1.12. The van der Waals surface area contributed by atoms with Crippen LogP contribution in [0.15, 0.2) is 53.4 Å². The highest BCUT2D eigenvalue weighted by Gasteiger charge is 2.19. The number of amides is 1. The SMILES string of the molecule is COC(=O)c1ccccc1N(C)C(=O)CSc1ccccc1F. The molecule has 0 spiro atoms. The van der Waals surface area contributed by atoms with Gasteiger partial charge in [-0.3, -0.25) is 4.79 Å². The van der Waals surface area contributed by atoms with E-state index in [1.165, 1.54) is 18.1 Å². The quantitative estimate of drug-likeness (QED) is 0.622. The van der Waals surface area contributed by atoms with E-state index in [9.17, 15) is 14.0 Å². The summed E-state index contributed by atoms with van der Waals surface area (Å²) in [5, 5.41) is 0. The van der Waals surface area contributed by atoms with Crippen LogP contribution in [0.4, 0.5) is 10.1 Å². The number of halogens is 1. The molecule has 0 aliphatic carbocycles. The van der Waals surface area contributed by atoms with Crippen molar-refractivity contribution in [1.82, 2.24) is 0 Å². The highest BCUT2D eigenvalue weighted by Crippen LogP contribution is 2.24. The molecule has 0 aromatic heterocycles. The van der Waals surface area contributed by atoms with E-state index in [1.54, 1.807) is 49.5 Å². The Hall–Kier alpha value is -2.34. The first-order valence-electron chi connectivity index (χ1n) is 6.86. The van der Waals surface area contributed by atoms with E-state index in [4.69, 9.17) is 4.74 Å². The number of nitrogens with zero attached hydrogens (tertiary/aromatic N) is 1. The molecule has 0 atom stereocenters. The van der Waals surface area contributed by atoms with Crippen LogP contribution >= 0.6 is 11.8 Å². The molecule has 0 N–H and O–H groups in total. The number of ether oxygens (including phenoxy) is 1. The molecule has 2 aromatic rings. The van der Waals surface area contributed by atoms with Gasteiger partial charge >= 0.3 is 5.97 Å². The highest BCUT2D eigenvalue weighted by molar-refractivity contribution is 8.00. The van der Waals surface area contributed by atoms with Gasteiger partial charge in [0.2, 0.25) is 5.91 Å². The van der Waals surface area contributed by atoms with Gasteiger partial charge in [0.05, 0.1) is 24.1 Å². The molecule has 6 heteroatoms. The minimum absolute atomic E-state index is 0.0624. The van der Waals surface area contributed by atoms with Gasteiger partial charge in [0.25, 0.3) is 0 Å². The Morgan fingerprint density at radius 2 is 1.78 bits per heavy atom. The van der Waals surface area contributed by atoms with Crippen LogP contribution in [0.2, 0.25) is 0 Å². The summed E-state index contributed by atoms with van der Waals surface area (Å²) in [6.45, 7) is 0. The van der Waals surface area contributed by atoms with Gasteiger partial charge in [-0.05, 0) is 24.3 Å². The molecule has 2 aromatic carbocycles. The number of carbonyl (C=O) groups excluding carboxylic acids is 2. The third-order valence-electron chi connectivity index (χ3n) is 3.23. The Morgan fingerprint density at radius 1 is 1.13 bits per heavy atom. The van der Waals surface area contributed by atoms with Crippen molar-refractivity contribution in [3.63, 3.8) is 0 Å². The number of thioether (sulfide) groups is 1. The largest absolute Gasteiger partial charge is 0.465 e. The smallest absolute Gasteiger partial charge is 0.339 e. The van der Waals surface area contributed by atoms with E-state index in [2.05, 4.69) is 0 Å². The van der Waals surface area contributed by atoms with Crippen LogP contribution in [-0.4, -0.2) is 31.8 Å². The fourth-order valence-corrected chi connectivity index (χ4v) is 2.83. The lowest BCUT2D eigenvalue weighted by Gasteiger charge is -2.19. The van der Waals surface area contributed by atoms with E-state index >= 15 is 0 Å². The monoisotopic (exact) mass is 333 g/mol. The number of anilines is 1. The lowest BCUT2D eigenvalue weighted by atomic mass is 10.1. The zero-order valence-electron chi connectivity index (χ0n) is 12.8. The second-order valence-corrected chi connectivity index (χ2v) is 5.70. The minimum Gasteiger partial charge on any atom is -0.465 e. The number of hydrogen-bond acceptors (Lipinski definition) is 4. The molecule has 1 amide bonds. The van der Waals surface area contributed by atoms with E-state index in [0.717, 1.165) is 11.8 Å². The van der Waals surface area contributed by atoms with E-state index in [0.29, 0.717) is 16.1 Å². The Balaban J connectivity index is 2.11. The number of para-hydroxylation sites is 1. The Kier molecular flexibility index (Phi) is 5.76. The van der Waals surface area contributed by atoms with Crippen LogP contribution in [0.1, 0.15) is 10.4 Å². The van der Waals surface area contributed by atoms with Gasteiger partial charge in [-0.1, -0.05) is 24.3 Å². The third-order valence-corrected chi connectivity index (χ3v) is 4.27. The molecular weight excluding hydrogens is 317 g/mol. The number of rotatable bonds is 5. The highest BCUT2D eigenvalue weighted by atomic mass is 32.2. The lowest BCUT2D eigenvalue weighted by molar-refractivity contribution is -0.115. The summed E-state index contributed by atoms with van der Waals surface area (Å²) in [7, 11) is 2.86. The number of carbonyl (C=O) groups is 2. The van der Waals surface area contributed by atoms with Crippen molar-refractivity contribution in [1.29, 1.82) is 0 Å². The summed E-state index contributed by atoms with van der Waals surface area (Å²) in [6, 6.07) is 13.0. The summed E-state index contributed by atoms with van der Waals surface area (Å²) < 4.78 is 18.3. The van der Waals surface area contributed by atoms with Crippen LogP contribution in [0, 0.1) is 5.82 Å². The number of methoxy groups -OCH3 is 1. The van der Waals surface area contributed by atoms with Crippen molar-refractivity contribution in [2.24, 2.45) is 0 Å². The molecule has 0 saturated carbocycles. The molecule has 0 fully saturated rings. The van der Waals surface area contributed by atoms with Crippen molar-refractivity contribution in [3.8, 4) is 0 Å². The summed E-state index contributed by atoms with van der Waals surface area (Å²) in [5.74, 6) is -1.05. The predicted molar refractivity (Wildman–Crippen MR) is 88.3 cm³/mol. The number of hydrogen-bond donors (Lipinski definition) is 0. The molecule has 0 aliphatic rings. The normalized spacial score (nSPS) is 10.2. The van der Waals surface area contributed by atoms with Gasteiger partial charge in [-0.2, -0.15) is 0 Å². The van der Waals surface area contributed by atoms with Crippen LogP contribution < -0.4 is 4.90 Å². The standard InChI is InChI=1S/C17H16FNO3S/c1-19(14-9-5-3-7-12(14)17(21)22-2)16(20)11-23-15-10-6-4-8-13(15)18/h3-10H,11H2,1-2H3. The van der Waals surface area contributed by atoms with Gasteiger partial charge < -0.3 is 9.64 Å². The molecule has 0 bridgehead atoms. The third kappa shape index (κ3) is 4.10. The van der Waals surface area contributed by atoms with Gasteiger partial charge in [0.1, 0.15) is 5.82 Å². The Labute approximate surface area is 138 Å². The Bertz CT molecular complexity index is 720. The van der Waals surface area contributed by atoms with Crippen molar-refractivity contribution in [2.45, 2.75) is 4.90 Å². The molecular formula is C17H16FNO3S. The molecule has 2 rings (SSSR count). The second-order valence-electron chi connectivity index (χ2n) is 4.68. The summed E-state index contributed by atoms with van der Waals surface area (Å²) in [4.78, 5) is 25.9.